The van der Waals surface area contributed by atoms with Crippen LogP contribution in [-0.4, -0.2) is 59.5 Å². The maximum Gasteiger partial charge on any atom is 0.191 e. The highest BCUT2D eigenvalue weighted by molar-refractivity contribution is 14.0. The smallest absolute Gasteiger partial charge is 0.191 e. The van der Waals surface area contributed by atoms with Gasteiger partial charge in [-0.15, -0.1) is 24.0 Å². The van der Waals surface area contributed by atoms with Crippen LogP contribution < -0.4 is 10.6 Å². The number of halogens is 1. The van der Waals surface area contributed by atoms with E-state index >= 15 is 0 Å². The van der Waals surface area contributed by atoms with E-state index in [0.717, 1.165) is 49.8 Å². The van der Waals surface area contributed by atoms with Crippen LogP contribution in [0.25, 0.3) is 5.65 Å². The number of imidazole rings is 1. The molecule has 2 aromatic rings. The van der Waals surface area contributed by atoms with E-state index in [1.165, 1.54) is 18.5 Å². The first-order valence-electron chi connectivity index (χ1n) is 10.2. The molecule has 1 unspecified atom stereocenters. The van der Waals surface area contributed by atoms with Crippen molar-refractivity contribution in [3.63, 3.8) is 0 Å². The van der Waals surface area contributed by atoms with Crippen molar-refractivity contribution < 1.29 is 0 Å². The lowest BCUT2D eigenvalue weighted by Crippen LogP contribution is -2.43. The number of guanidine groups is 1. The molecular weight excluding hydrogens is 463 g/mol. The van der Waals surface area contributed by atoms with Gasteiger partial charge in [0.2, 0.25) is 0 Å². The molecule has 0 aliphatic heterocycles. The van der Waals surface area contributed by atoms with E-state index in [1.807, 2.05) is 13.2 Å². The Kier molecular flexibility index (Phi) is 11.4. The van der Waals surface area contributed by atoms with Gasteiger partial charge in [-0.3, -0.25) is 4.99 Å². The van der Waals surface area contributed by atoms with Crippen molar-refractivity contribution in [2.45, 2.75) is 53.0 Å². The third-order valence-electron chi connectivity index (χ3n) is 5.01. The van der Waals surface area contributed by atoms with E-state index in [-0.39, 0.29) is 24.0 Å². The number of rotatable bonds is 10. The average molecular weight is 500 g/mol. The monoisotopic (exact) mass is 500 g/mol. The molecule has 158 valence electrons. The minimum Gasteiger partial charge on any atom is -0.356 e. The van der Waals surface area contributed by atoms with Gasteiger partial charge < -0.3 is 19.9 Å². The van der Waals surface area contributed by atoms with Gasteiger partial charge in [0.1, 0.15) is 5.65 Å². The molecule has 0 aromatic carbocycles. The van der Waals surface area contributed by atoms with Crippen molar-refractivity contribution in [2.24, 2.45) is 4.99 Å². The number of hydrogen-bond acceptors (Lipinski definition) is 3. The van der Waals surface area contributed by atoms with E-state index in [9.17, 15) is 0 Å². The fourth-order valence-electron chi connectivity index (χ4n) is 3.29. The van der Waals surface area contributed by atoms with Crippen LogP contribution >= 0.6 is 24.0 Å². The van der Waals surface area contributed by atoms with Crippen LogP contribution in [0, 0.1) is 6.92 Å². The summed E-state index contributed by atoms with van der Waals surface area (Å²) < 4.78 is 2.09. The topological polar surface area (TPSA) is 57.0 Å². The summed E-state index contributed by atoms with van der Waals surface area (Å²) >= 11 is 0. The van der Waals surface area contributed by atoms with Crippen molar-refractivity contribution in [1.29, 1.82) is 0 Å². The van der Waals surface area contributed by atoms with Gasteiger partial charge in [-0.25, -0.2) is 4.98 Å². The van der Waals surface area contributed by atoms with Gasteiger partial charge in [0.05, 0.1) is 5.69 Å². The predicted molar refractivity (Wildman–Crippen MR) is 130 cm³/mol. The Balaban J connectivity index is 0.00000392. The number of aromatic nitrogens is 2. The number of fused-ring (bicyclic) bond motifs is 1. The van der Waals surface area contributed by atoms with Crippen LogP contribution in [0.2, 0.25) is 0 Å². The minimum atomic E-state index is 0. The lowest BCUT2D eigenvalue weighted by molar-refractivity contribution is 0.292. The molecule has 0 fully saturated rings. The van der Waals surface area contributed by atoms with Gasteiger partial charge >= 0.3 is 0 Å². The van der Waals surface area contributed by atoms with Crippen LogP contribution in [0.1, 0.15) is 44.9 Å². The molecule has 28 heavy (non-hydrogen) atoms. The Labute approximate surface area is 187 Å². The maximum absolute atomic E-state index is 4.73. The Morgan fingerprint density at radius 2 is 2.07 bits per heavy atom. The van der Waals surface area contributed by atoms with Gasteiger partial charge in [0, 0.05) is 38.4 Å². The first kappa shape index (κ1) is 24.7. The Morgan fingerprint density at radius 3 is 2.71 bits per heavy atom. The number of aryl methyl sites for hydroxylation is 1. The maximum atomic E-state index is 4.73. The van der Waals surface area contributed by atoms with E-state index < -0.39 is 0 Å². The van der Waals surface area contributed by atoms with Crippen LogP contribution in [0.4, 0.5) is 0 Å². The number of nitrogens with zero attached hydrogens (tertiary/aromatic N) is 4. The zero-order chi connectivity index (χ0) is 19.6. The lowest BCUT2D eigenvalue weighted by atomic mass is 10.2. The quantitative estimate of drug-likeness (QED) is 0.298. The number of nitrogens with one attached hydrogen (secondary N) is 2. The number of aliphatic imine (C=N–C) groups is 1. The second-order valence-corrected chi connectivity index (χ2v) is 7.12. The molecule has 0 aliphatic carbocycles. The van der Waals surface area contributed by atoms with E-state index in [4.69, 9.17) is 4.98 Å². The molecule has 2 aromatic heterocycles. The summed E-state index contributed by atoms with van der Waals surface area (Å²) in [5, 5.41) is 6.90. The van der Waals surface area contributed by atoms with E-state index in [2.05, 4.69) is 71.0 Å². The van der Waals surface area contributed by atoms with Gasteiger partial charge in [-0.2, -0.15) is 0 Å². The standard InChI is InChI=1S/C21H36N6.HI/c1-6-26(7-2)14-9-11-18(4)24-21(22-5)23-13-12-19-16-27-15-8-10-17(3)20(27)25-19;/h8,10,15-16,18H,6-7,9,11-14H2,1-5H3,(H2,22,23,24);1H. The minimum absolute atomic E-state index is 0. The van der Waals surface area contributed by atoms with Crippen molar-refractivity contribution >= 4 is 35.6 Å². The highest BCUT2D eigenvalue weighted by Crippen LogP contribution is 2.10. The SMILES string of the molecule is CCN(CC)CCCC(C)NC(=NC)NCCc1cn2cccc(C)c2n1.I. The highest BCUT2D eigenvalue weighted by atomic mass is 127. The van der Waals surface area contributed by atoms with Gasteiger partial charge in [0.15, 0.2) is 5.96 Å². The number of hydrogen-bond donors (Lipinski definition) is 2. The van der Waals surface area contributed by atoms with Gasteiger partial charge in [-0.05, 0) is 58.0 Å². The Morgan fingerprint density at radius 1 is 1.32 bits per heavy atom. The van der Waals surface area contributed by atoms with Crippen molar-refractivity contribution in [3.8, 4) is 0 Å². The second-order valence-electron chi connectivity index (χ2n) is 7.12. The van der Waals surface area contributed by atoms with Gasteiger partial charge in [-0.1, -0.05) is 19.9 Å². The summed E-state index contributed by atoms with van der Waals surface area (Å²) in [6.07, 6.45) is 7.37. The second kappa shape index (κ2) is 13.0. The highest BCUT2D eigenvalue weighted by Gasteiger charge is 2.08. The summed E-state index contributed by atoms with van der Waals surface area (Å²) in [7, 11) is 1.83. The fraction of sp³-hybridized carbons (Fsp3) is 0.619. The van der Waals surface area contributed by atoms with Crippen LogP contribution in [0.3, 0.4) is 0 Å². The van der Waals surface area contributed by atoms with Crippen molar-refractivity contribution in [3.05, 3.63) is 35.8 Å². The molecule has 0 bridgehead atoms. The van der Waals surface area contributed by atoms with E-state index in [0.29, 0.717) is 6.04 Å². The Hall–Kier alpha value is -1.35. The molecule has 0 saturated carbocycles. The zero-order valence-electron chi connectivity index (χ0n) is 18.0. The molecule has 2 rings (SSSR count). The molecule has 7 heteroatoms. The first-order chi connectivity index (χ1) is 13.1. The summed E-state index contributed by atoms with van der Waals surface area (Å²) in [6, 6.07) is 4.56. The summed E-state index contributed by atoms with van der Waals surface area (Å²) in [5.41, 5.74) is 3.34. The summed E-state index contributed by atoms with van der Waals surface area (Å²) in [6.45, 7) is 13.0. The molecule has 6 nitrogen and oxygen atoms in total. The normalized spacial score (nSPS) is 12.9. The molecule has 0 aliphatic rings. The van der Waals surface area contributed by atoms with Crippen LogP contribution in [0.5, 0.6) is 0 Å². The molecule has 2 N–H and O–H groups in total. The molecular formula is C21H37IN6. The van der Waals surface area contributed by atoms with Crippen LogP contribution in [0.15, 0.2) is 29.5 Å². The first-order valence-corrected chi connectivity index (χ1v) is 10.2. The molecule has 0 radical (unpaired) electrons. The van der Waals surface area contributed by atoms with Crippen molar-refractivity contribution in [2.75, 3.05) is 33.2 Å². The molecule has 2 heterocycles. The van der Waals surface area contributed by atoms with E-state index in [1.54, 1.807) is 0 Å². The van der Waals surface area contributed by atoms with Gasteiger partial charge in [0.25, 0.3) is 0 Å². The molecule has 1 atom stereocenters. The fourth-order valence-corrected chi connectivity index (χ4v) is 3.29. The third kappa shape index (κ3) is 7.58. The average Bonchev–Trinajstić information content (AvgIpc) is 3.09. The molecule has 0 saturated heterocycles. The summed E-state index contributed by atoms with van der Waals surface area (Å²) in [4.78, 5) is 11.5. The largest absolute Gasteiger partial charge is 0.356 e. The summed E-state index contributed by atoms with van der Waals surface area (Å²) in [5.74, 6) is 0.866. The number of pyridine rings is 1. The molecule has 0 amide bonds. The lowest BCUT2D eigenvalue weighted by Gasteiger charge is -2.21. The molecule has 0 spiro atoms. The Bertz CT molecular complexity index is 723. The zero-order valence-corrected chi connectivity index (χ0v) is 20.4. The van der Waals surface area contributed by atoms with Crippen molar-refractivity contribution in [1.82, 2.24) is 24.9 Å². The third-order valence-corrected chi connectivity index (χ3v) is 5.01. The van der Waals surface area contributed by atoms with Crippen LogP contribution in [-0.2, 0) is 6.42 Å². The predicted octanol–water partition coefficient (Wildman–Crippen LogP) is 3.48.